The summed E-state index contributed by atoms with van der Waals surface area (Å²) >= 11 is 0. The van der Waals surface area contributed by atoms with Crippen LogP contribution in [0.1, 0.15) is 11.1 Å². The standard InChI is InChI=1S/C14H15NO3S/c1-10-6-7-15(3)14(8-10)13-9-12(19(16,17)18)5-4-11(13)2/h4-9H,1-3H3. The number of rotatable bonds is 2. The molecule has 100 valence electrons. The Kier molecular flexibility index (Phi) is 3.43. The van der Waals surface area contributed by atoms with Crippen molar-refractivity contribution < 1.29 is 17.5 Å². The van der Waals surface area contributed by atoms with Crippen molar-refractivity contribution in [1.82, 2.24) is 0 Å². The van der Waals surface area contributed by atoms with Gasteiger partial charge in [-0.25, -0.2) is 13.0 Å². The summed E-state index contributed by atoms with van der Waals surface area (Å²) in [5, 5.41) is 0. The molecule has 0 fully saturated rings. The Hall–Kier alpha value is -1.72. The van der Waals surface area contributed by atoms with Gasteiger partial charge in [0.1, 0.15) is 17.2 Å². The molecule has 2 aromatic rings. The Balaban J connectivity index is 2.71. The minimum atomic E-state index is -4.43. The van der Waals surface area contributed by atoms with Gasteiger partial charge in [0.05, 0.1) is 10.5 Å². The SMILES string of the molecule is Cc1cc[n+](C)c(-c2cc(S(=O)(=O)[O-])ccc2C)c1. The van der Waals surface area contributed by atoms with Gasteiger partial charge in [-0.05, 0) is 37.1 Å². The van der Waals surface area contributed by atoms with E-state index in [1.807, 2.05) is 43.8 Å². The monoisotopic (exact) mass is 277 g/mol. The van der Waals surface area contributed by atoms with Crippen LogP contribution in [0.15, 0.2) is 41.4 Å². The second kappa shape index (κ2) is 4.75. The van der Waals surface area contributed by atoms with E-state index in [9.17, 15) is 13.0 Å². The molecule has 0 saturated heterocycles. The van der Waals surface area contributed by atoms with Crippen LogP contribution in [0.3, 0.4) is 0 Å². The van der Waals surface area contributed by atoms with Crippen LogP contribution in [0.5, 0.6) is 0 Å². The first-order valence-corrected chi connectivity index (χ1v) is 7.23. The normalized spacial score (nSPS) is 11.6. The van der Waals surface area contributed by atoms with E-state index in [1.165, 1.54) is 12.1 Å². The van der Waals surface area contributed by atoms with Crippen molar-refractivity contribution in [2.45, 2.75) is 18.7 Å². The number of pyridine rings is 1. The van der Waals surface area contributed by atoms with Gasteiger partial charge in [0.25, 0.3) is 0 Å². The first kappa shape index (κ1) is 13.7. The quantitative estimate of drug-likeness (QED) is 0.620. The van der Waals surface area contributed by atoms with E-state index >= 15 is 0 Å². The average molecular weight is 277 g/mol. The molecule has 0 bridgehead atoms. The van der Waals surface area contributed by atoms with Gasteiger partial charge < -0.3 is 4.55 Å². The zero-order valence-corrected chi connectivity index (χ0v) is 11.9. The zero-order chi connectivity index (χ0) is 14.2. The molecule has 4 nitrogen and oxygen atoms in total. The lowest BCUT2D eigenvalue weighted by molar-refractivity contribution is -0.660. The maximum Gasteiger partial charge on any atom is 0.212 e. The van der Waals surface area contributed by atoms with Crippen molar-refractivity contribution in [3.05, 3.63) is 47.7 Å². The number of aryl methyl sites for hydroxylation is 3. The summed E-state index contributed by atoms with van der Waals surface area (Å²) in [4.78, 5) is -0.199. The van der Waals surface area contributed by atoms with Gasteiger partial charge in [-0.15, -0.1) is 0 Å². The molecular weight excluding hydrogens is 262 g/mol. The van der Waals surface area contributed by atoms with E-state index in [0.29, 0.717) is 0 Å². The highest BCUT2D eigenvalue weighted by Gasteiger charge is 2.14. The third-order valence-electron chi connectivity index (χ3n) is 3.08. The molecule has 0 aliphatic heterocycles. The highest BCUT2D eigenvalue weighted by atomic mass is 32.2. The van der Waals surface area contributed by atoms with Gasteiger partial charge in [-0.1, -0.05) is 6.07 Å². The summed E-state index contributed by atoms with van der Waals surface area (Å²) in [5.41, 5.74) is 3.63. The van der Waals surface area contributed by atoms with Crippen molar-refractivity contribution in [1.29, 1.82) is 0 Å². The molecular formula is C14H15NO3S. The molecule has 0 spiro atoms. The number of hydrogen-bond donors (Lipinski definition) is 0. The number of nitrogens with zero attached hydrogens (tertiary/aromatic N) is 1. The predicted molar refractivity (Wildman–Crippen MR) is 70.5 cm³/mol. The molecule has 1 heterocycles. The van der Waals surface area contributed by atoms with Crippen LogP contribution in [-0.4, -0.2) is 13.0 Å². The molecule has 0 atom stereocenters. The minimum absolute atomic E-state index is 0.199. The molecule has 0 unspecified atom stereocenters. The first-order chi connectivity index (χ1) is 8.79. The predicted octanol–water partition coefficient (Wildman–Crippen LogP) is 1.70. The van der Waals surface area contributed by atoms with Gasteiger partial charge in [-0.3, -0.25) is 0 Å². The number of benzene rings is 1. The Morgan fingerprint density at radius 2 is 1.79 bits per heavy atom. The summed E-state index contributed by atoms with van der Waals surface area (Å²) in [7, 11) is -2.55. The fourth-order valence-corrected chi connectivity index (χ4v) is 2.47. The third-order valence-corrected chi connectivity index (χ3v) is 3.91. The van der Waals surface area contributed by atoms with Crippen LogP contribution in [0.2, 0.25) is 0 Å². The van der Waals surface area contributed by atoms with Crippen LogP contribution < -0.4 is 4.57 Å². The molecule has 0 amide bonds. The molecule has 5 heteroatoms. The van der Waals surface area contributed by atoms with E-state index < -0.39 is 10.1 Å². The second-order valence-electron chi connectivity index (χ2n) is 4.63. The van der Waals surface area contributed by atoms with E-state index in [-0.39, 0.29) is 4.90 Å². The van der Waals surface area contributed by atoms with E-state index in [1.54, 1.807) is 6.07 Å². The molecule has 0 radical (unpaired) electrons. The first-order valence-electron chi connectivity index (χ1n) is 5.82. The maximum absolute atomic E-state index is 11.1. The van der Waals surface area contributed by atoms with Crippen molar-refractivity contribution in [3.8, 4) is 11.3 Å². The van der Waals surface area contributed by atoms with E-state index in [4.69, 9.17) is 0 Å². The summed E-state index contributed by atoms with van der Waals surface area (Å²) < 4.78 is 35.3. The lowest BCUT2D eigenvalue weighted by Crippen LogP contribution is -2.30. The summed E-state index contributed by atoms with van der Waals surface area (Å²) in [5.74, 6) is 0. The Labute approximate surface area is 113 Å². The fraction of sp³-hybridized carbons (Fsp3) is 0.214. The van der Waals surface area contributed by atoms with Crippen LogP contribution in [0, 0.1) is 13.8 Å². The van der Waals surface area contributed by atoms with Gasteiger partial charge in [0.15, 0.2) is 6.20 Å². The summed E-state index contributed by atoms with van der Waals surface area (Å²) in [6.45, 7) is 3.85. The number of hydrogen-bond acceptors (Lipinski definition) is 3. The lowest BCUT2D eigenvalue weighted by atomic mass is 10.0. The fourth-order valence-electron chi connectivity index (χ4n) is 1.98. The van der Waals surface area contributed by atoms with Crippen LogP contribution in [-0.2, 0) is 17.2 Å². The highest BCUT2D eigenvalue weighted by molar-refractivity contribution is 7.85. The van der Waals surface area contributed by atoms with Crippen LogP contribution in [0.4, 0.5) is 0 Å². The van der Waals surface area contributed by atoms with Crippen LogP contribution >= 0.6 is 0 Å². The summed E-state index contributed by atoms with van der Waals surface area (Å²) in [6.07, 6.45) is 1.91. The summed E-state index contributed by atoms with van der Waals surface area (Å²) in [6, 6.07) is 8.36. The molecule has 19 heavy (non-hydrogen) atoms. The Morgan fingerprint density at radius 3 is 2.42 bits per heavy atom. The molecule has 2 rings (SSSR count). The largest absolute Gasteiger partial charge is 0.744 e. The molecule has 0 N–H and O–H groups in total. The Bertz CT molecular complexity index is 736. The molecule has 0 aliphatic rings. The zero-order valence-electron chi connectivity index (χ0n) is 11.0. The average Bonchev–Trinajstić information content (AvgIpc) is 2.32. The number of aromatic nitrogens is 1. The van der Waals surface area contributed by atoms with E-state index in [2.05, 4.69) is 0 Å². The second-order valence-corrected chi connectivity index (χ2v) is 6.01. The topological polar surface area (TPSA) is 61.1 Å². The van der Waals surface area contributed by atoms with Gasteiger partial charge >= 0.3 is 0 Å². The minimum Gasteiger partial charge on any atom is -0.744 e. The van der Waals surface area contributed by atoms with Crippen molar-refractivity contribution in [2.24, 2.45) is 7.05 Å². The van der Waals surface area contributed by atoms with Gasteiger partial charge in [0, 0.05) is 12.1 Å². The highest BCUT2D eigenvalue weighted by Crippen LogP contribution is 2.24. The molecule has 1 aromatic heterocycles. The smallest absolute Gasteiger partial charge is 0.212 e. The van der Waals surface area contributed by atoms with Gasteiger partial charge in [-0.2, -0.15) is 0 Å². The molecule has 0 aliphatic carbocycles. The lowest BCUT2D eigenvalue weighted by Gasteiger charge is -2.10. The van der Waals surface area contributed by atoms with Crippen molar-refractivity contribution >= 4 is 10.1 Å². The van der Waals surface area contributed by atoms with Crippen LogP contribution in [0.25, 0.3) is 11.3 Å². The van der Waals surface area contributed by atoms with Crippen molar-refractivity contribution in [3.63, 3.8) is 0 Å². The molecule has 0 saturated carbocycles. The van der Waals surface area contributed by atoms with Crippen molar-refractivity contribution in [2.75, 3.05) is 0 Å². The Morgan fingerprint density at radius 1 is 1.11 bits per heavy atom. The third kappa shape index (κ3) is 2.83. The maximum atomic E-state index is 11.1. The van der Waals surface area contributed by atoms with E-state index in [0.717, 1.165) is 22.4 Å². The molecule has 1 aromatic carbocycles. The van der Waals surface area contributed by atoms with Gasteiger partial charge in [0.2, 0.25) is 5.69 Å².